The highest BCUT2D eigenvalue weighted by Gasteiger charge is 2.10. The highest BCUT2D eigenvalue weighted by atomic mass is 35.5. The van der Waals surface area contributed by atoms with E-state index in [2.05, 4.69) is 4.98 Å². The Labute approximate surface area is 114 Å². The number of carbonyl (C=O) groups is 1. The fourth-order valence-electron chi connectivity index (χ4n) is 1.45. The number of carboxylic acid groups (broad SMARTS) is 1. The zero-order chi connectivity index (χ0) is 13.0. The van der Waals surface area contributed by atoms with Gasteiger partial charge < -0.3 is 5.11 Å². The average Bonchev–Trinajstić information content (AvgIpc) is 2.38. The minimum atomic E-state index is -0.921. The number of hydrogen-bond acceptors (Lipinski definition) is 3. The zero-order valence-electron chi connectivity index (χ0n) is 9.34. The van der Waals surface area contributed by atoms with E-state index in [-0.39, 0.29) is 0 Å². The van der Waals surface area contributed by atoms with Gasteiger partial charge in [0.15, 0.2) is 0 Å². The quantitative estimate of drug-likeness (QED) is 0.684. The monoisotopic (exact) mass is 279 g/mol. The lowest BCUT2D eigenvalue weighted by Gasteiger charge is -2.06. The number of thioether (sulfide) groups is 1. The molecular formula is C13H10ClNO2S. The summed E-state index contributed by atoms with van der Waals surface area (Å²) >= 11 is 7.39. The van der Waals surface area contributed by atoms with Crippen molar-refractivity contribution in [2.75, 3.05) is 0 Å². The molecule has 0 amide bonds. The largest absolute Gasteiger partial charge is 0.478 e. The summed E-state index contributed by atoms with van der Waals surface area (Å²) in [6.45, 7) is 0. The van der Waals surface area contributed by atoms with Gasteiger partial charge in [0.05, 0.1) is 5.56 Å². The standard InChI is InChI=1S/C13H10ClNO2S/c14-12-9(4-3-7-15-12)8-18-11-6-2-1-5-10(11)13(16)17/h1-7H,8H2,(H,16,17). The van der Waals surface area contributed by atoms with E-state index in [1.54, 1.807) is 24.4 Å². The van der Waals surface area contributed by atoms with Gasteiger partial charge in [-0.25, -0.2) is 9.78 Å². The van der Waals surface area contributed by atoms with Crippen LogP contribution in [0.15, 0.2) is 47.5 Å². The van der Waals surface area contributed by atoms with E-state index in [0.29, 0.717) is 16.5 Å². The first-order valence-electron chi connectivity index (χ1n) is 5.23. The first-order valence-corrected chi connectivity index (χ1v) is 6.59. The number of rotatable bonds is 4. The van der Waals surface area contributed by atoms with Crippen LogP contribution in [0.2, 0.25) is 5.15 Å². The van der Waals surface area contributed by atoms with Gasteiger partial charge in [0.25, 0.3) is 0 Å². The third-order valence-electron chi connectivity index (χ3n) is 2.34. The molecule has 18 heavy (non-hydrogen) atoms. The molecular weight excluding hydrogens is 270 g/mol. The molecule has 2 rings (SSSR count). The molecule has 0 aliphatic rings. The Hall–Kier alpha value is -1.52. The van der Waals surface area contributed by atoms with Crippen molar-refractivity contribution in [1.29, 1.82) is 0 Å². The summed E-state index contributed by atoms with van der Waals surface area (Å²) in [4.78, 5) is 15.8. The van der Waals surface area contributed by atoms with Crippen LogP contribution in [0.1, 0.15) is 15.9 Å². The number of nitrogens with zero attached hydrogens (tertiary/aromatic N) is 1. The summed E-state index contributed by atoms with van der Waals surface area (Å²) in [7, 11) is 0. The van der Waals surface area contributed by atoms with Crippen LogP contribution in [-0.2, 0) is 5.75 Å². The van der Waals surface area contributed by atoms with Gasteiger partial charge >= 0.3 is 5.97 Å². The fraction of sp³-hybridized carbons (Fsp3) is 0.0769. The minimum Gasteiger partial charge on any atom is -0.478 e. The number of halogens is 1. The number of carboxylic acids is 1. The molecule has 1 heterocycles. The first-order chi connectivity index (χ1) is 8.68. The molecule has 1 aromatic carbocycles. The summed E-state index contributed by atoms with van der Waals surface area (Å²) < 4.78 is 0. The first kappa shape index (κ1) is 12.9. The van der Waals surface area contributed by atoms with Crippen LogP contribution in [0.25, 0.3) is 0 Å². The van der Waals surface area contributed by atoms with Gasteiger partial charge in [-0.05, 0) is 23.8 Å². The summed E-state index contributed by atoms with van der Waals surface area (Å²) in [5, 5.41) is 9.52. The van der Waals surface area contributed by atoms with Gasteiger partial charge in [-0.15, -0.1) is 11.8 Å². The number of aromatic nitrogens is 1. The molecule has 92 valence electrons. The summed E-state index contributed by atoms with van der Waals surface area (Å²) in [6.07, 6.45) is 1.63. The van der Waals surface area contributed by atoms with Crippen LogP contribution in [-0.4, -0.2) is 16.1 Å². The molecule has 0 saturated heterocycles. The maximum absolute atomic E-state index is 11.0. The van der Waals surface area contributed by atoms with Gasteiger partial charge in [-0.2, -0.15) is 0 Å². The highest BCUT2D eigenvalue weighted by Crippen LogP contribution is 2.28. The summed E-state index contributed by atoms with van der Waals surface area (Å²) in [5.74, 6) is -0.327. The number of pyridine rings is 1. The molecule has 0 spiro atoms. The normalized spacial score (nSPS) is 10.3. The molecule has 0 saturated carbocycles. The van der Waals surface area contributed by atoms with Crippen LogP contribution < -0.4 is 0 Å². The van der Waals surface area contributed by atoms with E-state index in [4.69, 9.17) is 16.7 Å². The Morgan fingerprint density at radius 2 is 2.06 bits per heavy atom. The Kier molecular flexibility index (Phi) is 4.23. The molecule has 0 aliphatic carbocycles. The van der Waals surface area contributed by atoms with Crippen LogP contribution in [0.3, 0.4) is 0 Å². The van der Waals surface area contributed by atoms with E-state index in [9.17, 15) is 4.79 Å². The third-order valence-corrected chi connectivity index (χ3v) is 3.80. The molecule has 1 aromatic heterocycles. The summed E-state index contributed by atoms with van der Waals surface area (Å²) in [6, 6.07) is 10.6. The predicted molar refractivity (Wildman–Crippen MR) is 72.2 cm³/mol. The maximum Gasteiger partial charge on any atom is 0.336 e. The topological polar surface area (TPSA) is 50.2 Å². The van der Waals surface area contributed by atoms with Crippen LogP contribution in [0, 0.1) is 0 Å². The Morgan fingerprint density at radius 1 is 1.28 bits per heavy atom. The van der Waals surface area contributed by atoms with E-state index < -0.39 is 5.97 Å². The fourth-order valence-corrected chi connectivity index (χ4v) is 2.75. The molecule has 0 radical (unpaired) electrons. The minimum absolute atomic E-state index is 0.308. The second-order valence-corrected chi connectivity index (χ2v) is 4.92. The van der Waals surface area contributed by atoms with Crippen molar-refractivity contribution in [2.24, 2.45) is 0 Å². The van der Waals surface area contributed by atoms with Gasteiger partial charge in [-0.1, -0.05) is 29.8 Å². The van der Waals surface area contributed by atoms with E-state index in [0.717, 1.165) is 10.5 Å². The van der Waals surface area contributed by atoms with Crippen molar-refractivity contribution in [3.63, 3.8) is 0 Å². The Bertz CT molecular complexity index is 574. The van der Waals surface area contributed by atoms with Gasteiger partial charge in [-0.3, -0.25) is 0 Å². The third kappa shape index (κ3) is 3.03. The zero-order valence-corrected chi connectivity index (χ0v) is 10.9. The predicted octanol–water partition coefficient (Wildman–Crippen LogP) is 3.73. The molecule has 5 heteroatoms. The molecule has 3 nitrogen and oxygen atoms in total. The average molecular weight is 280 g/mol. The van der Waals surface area contributed by atoms with Crippen molar-refractivity contribution in [2.45, 2.75) is 10.6 Å². The van der Waals surface area contributed by atoms with Crippen LogP contribution >= 0.6 is 23.4 Å². The maximum atomic E-state index is 11.0. The molecule has 0 atom stereocenters. The van der Waals surface area contributed by atoms with Gasteiger partial charge in [0, 0.05) is 16.8 Å². The highest BCUT2D eigenvalue weighted by molar-refractivity contribution is 7.98. The van der Waals surface area contributed by atoms with E-state index in [1.807, 2.05) is 18.2 Å². The lowest BCUT2D eigenvalue weighted by Crippen LogP contribution is -1.98. The Balaban J connectivity index is 2.16. The lowest BCUT2D eigenvalue weighted by atomic mass is 10.2. The number of hydrogen-bond donors (Lipinski definition) is 1. The van der Waals surface area contributed by atoms with Crippen molar-refractivity contribution >= 4 is 29.3 Å². The SMILES string of the molecule is O=C(O)c1ccccc1SCc1cccnc1Cl. The van der Waals surface area contributed by atoms with Crippen molar-refractivity contribution in [1.82, 2.24) is 4.98 Å². The molecule has 0 bridgehead atoms. The van der Waals surface area contributed by atoms with Gasteiger partial charge in [0.1, 0.15) is 5.15 Å². The molecule has 0 unspecified atom stereocenters. The van der Waals surface area contributed by atoms with Gasteiger partial charge in [0.2, 0.25) is 0 Å². The number of benzene rings is 1. The molecule has 1 N–H and O–H groups in total. The number of aromatic carboxylic acids is 1. The smallest absolute Gasteiger partial charge is 0.336 e. The summed E-state index contributed by atoms with van der Waals surface area (Å²) in [5.41, 5.74) is 1.20. The van der Waals surface area contributed by atoms with Crippen molar-refractivity contribution in [3.05, 3.63) is 58.9 Å². The molecule has 2 aromatic rings. The van der Waals surface area contributed by atoms with Crippen molar-refractivity contribution < 1.29 is 9.90 Å². The van der Waals surface area contributed by atoms with Crippen LogP contribution in [0.4, 0.5) is 0 Å². The second-order valence-electron chi connectivity index (χ2n) is 3.54. The molecule has 0 fully saturated rings. The van der Waals surface area contributed by atoms with Crippen molar-refractivity contribution in [3.8, 4) is 0 Å². The second kappa shape index (κ2) is 5.89. The lowest BCUT2D eigenvalue weighted by molar-refractivity contribution is 0.0693. The van der Waals surface area contributed by atoms with E-state index >= 15 is 0 Å². The Morgan fingerprint density at radius 3 is 2.78 bits per heavy atom. The van der Waals surface area contributed by atoms with E-state index in [1.165, 1.54) is 11.8 Å². The van der Waals surface area contributed by atoms with Crippen LogP contribution in [0.5, 0.6) is 0 Å². The molecule has 0 aliphatic heterocycles.